The Morgan fingerprint density at radius 3 is 2.57 bits per heavy atom. The lowest BCUT2D eigenvalue weighted by atomic mass is 9.99. The van der Waals surface area contributed by atoms with Crippen LogP contribution in [0.4, 0.5) is 0 Å². The van der Waals surface area contributed by atoms with E-state index in [0.29, 0.717) is 30.3 Å². The Morgan fingerprint density at radius 1 is 1.04 bits per heavy atom. The molecule has 4 heteroatoms. The smallest absolute Gasteiger partial charge is 0.251 e. The number of rotatable bonds is 3. The number of fused-ring (bicyclic) bond motifs is 1. The molecule has 0 aliphatic carbocycles. The lowest BCUT2D eigenvalue weighted by Crippen LogP contribution is -2.27. The molecule has 1 amide bonds. The highest BCUT2D eigenvalue weighted by Crippen LogP contribution is 2.31. The van der Waals surface area contributed by atoms with Crippen LogP contribution in [0.15, 0.2) is 36.4 Å². The molecule has 0 aromatic heterocycles. The zero-order valence-corrected chi connectivity index (χ0v) is 13.7. The highest BCUT2D eigenvalue weighted by atomic mass is 16.6. The van der Waals surface area contributed by atoms with Crippen LogP contribution in [0, 0.1) is 13.8 Å². The number of aryl methyl sites for hydroxylation is 2. The Balaban J connectivity index is 1.77. The van der Waals surface area contributed by atoms with E-state index >= 15 is 0 Å². The molecule has 0 spiro atoms. The zero-order valence-electron chi connectivity index (χ0n) is 13.7. The molecule has 0 radical (unpaired) electrons. The van der Waals surface area contributed by atoms with Crippen LogP contribution in [-0.4, -0.2) is 19.1 Å². The maximum absolute atomic E-state index is 12.5. The first kappa shape index (κ1) is 15.4. The predicted octanol–water partition coefficient (Wildman–Crippen LogP) is 3.57. The van der Waals surface area contributed by atoms with Gasteiger partial charge in [0.05, 0.1) is 6.04 Å². The van der Waals surface area contributed by atoms with E-state index in [1.54, 1.807) is 18.2 Å². The molecule has 0 fully saturated rings. The summed E-state index contributed by atoms with van der Waals surface area (Å²) in [5.74, 6) is 1.20. The maximum atomic E-state index is 12.5. The van der Waals surface area contributed by atoms with Crippen molar-refractivity contribution in [1.29, 1.82) is 0 Å². The molecule has 0 saturated carbocycles. The monoisotopic (exact) mass is 311 g/mol. The van der Waals surface area contributed by atoms with Crippen molar-refractivity contribution < 1.29 is 14.3 Å². The van der Waals surface area contributed by atoms with Gasteiger partial charge in [-0.3, -0.25) is 4.79 Å². The normalized spacial score (nSPS) is 14.2. The molecule has 1 aliphatic heterocycles. The Labute approximate surface area is 136 Å². The van der Waals surface area contributed by atoms with Crippen LogP contribution in [0.2, 0.25) is 0 Å². The molecule has 0 bridgehead atoms. The van der Waals surface area contributed by atoms with Gasteiger partial charge in [-0.2, -0.15) is 0 Å². The standard InChI is InChI=1S/C19H21NO3/c1-12-4-5-13(2)16(10-12)14(3)20-19(21)15-6-7-17-18(11-15)23-9-8-22-17/h4-7,10-11,14H,8-9H2,1-3H3,(H,20,21). The second kappa shape index (κ2) is 6.32. The van der Waals surface area contributed by atoms with Gasteiger partial charge in [-0.1, -0.05) is 23.8 Å². The fourth-order valence-corrected chi connectivity index (χ4v) is 2.77. The lowest BCUT2D eigenvalue weighted by Gasteiger charge is -2.20. The van der Waals surface area contributed by atoms with Crippen molar-refractivity contribution in [2.24, 2.45) is 0 Å². The molecule has 1 aliphatic rings. The SMILES string of the molecule is Cc1ccc(C)c(C(C)NC(=O)c2ccc3c(c2)OCCO3)c1. The molecule has 1 heterocycles. The van der Waals surface area contributed by atoms with Crippen LogP contribution in [-0.2, 0) is 0 Å². The third-order valence-electron chi connectivity index (χ3n) is 4.05. The molecule has 2 aromatic rings. The highest BCUT2D eigenvalue weighted by Gasteiger charge is 2.17. The molecular formula is C19H21NO3. The van der Waals surface area contributed by atoms with Gasteiger partial charge in [-0.05, 0) is 50.1 Å². The van der Waals surface area contributed by atoms with Gasteiger partial charge in [0, 0.05) is 5.56 Å². The van der Waals surface area contributed by atoms with E-state index in [1.807, 2.05) is 6.92 Å². The summed E-state index contributed by atoms with van der Waals surface area (Å²) >= 11 is 0. The zero-order chi connectivity index (χ0) is 16.4. The van der Waals surface area contributed by atoms with Crippen molar-refractivity contribution in [3.8, 4) is 11.5 Å². The van der Waals surface area contributed by atoms with Crippen molar-refractivity contribution in [1.82, 2.24) is 5.32 Å². The summed E-state index contributed by atoms with van der Waals surface area (Å²) in [6.45, 7) is 7.16. The minimum atomic E-state index is -0.115. The molecule has 120 valence electrons. The molecule has 1 atom stereocenters. The maximum Gasteiger partial charge on any atom is 0.251 e. The highest BCUT2D eigenvalue weighted by molar-refractivity contribution is 5.95. The fourth-order valence-electron chi connectivity index (χ4n) is 2.77. The van der Waals surface area contributed by atoms with Gasteiger partial charge >= 0.3 is 0 Å². The van der Waals surface area contributed by atoms with Crippen molar-refractivity contribution in [3.63, 3.8) is 0 Å². The summed E-state index contributed by atoms with van der Waals surface area (Å²) in [5, 5.41) is 3.05. The van der Waals surface area contributed by atoms with E-state index in [2.05, 4.69) is 37.4 Å². The molecule has 0 saturated heterocycles. The van der Waals surface area contributed by atoms with Crippen LogP contribution in [0.5, 0.6) is 11.5 Å². The van der Waals surface area contributed by atoms with Crippen molar-refractivity contribution in [3.05, 3.63) is 58.7 Å². The van der Waals surface area contributed by atoms with E-state index in [0.717, 1.165) is 5.56 Å². The predicted molar refractivity (Wildman–Crippen MR) is 89.2 cm³/mol. The molecule has 3 rings (SSSR count). The second-order valence-corrected chi connectivity index (χ2v) is 5.91. The Hall–Kier alpha value is -2.49. The van der Waals surface area contributed by atoms with Gasteiger partial charge < -0.3 is 14.8 Å². The largest absolute Gasteiger partial charge is 0.486 e. The number of hydrogen-bond acceptors (Lipinski definition) is 3. The Morgan fingerprint density at radius 2 is 1.78 bits per heavy atom. The molecule has 23 heavy (non-hydrogen) atoms. The summed E-state index contributed by atoms with van der Waals surface area (Å²) in [5.41, 5.74) is 4.07. The molecule has 2 aromatic carbocycles. The van der Waals surface area contributed by atoms with Gasteiger partial charge in [0.1, 0.15) is 13.2 Å². The molecule has 4 nitrogen and oxygen atoms in total. The molecule has 1 unspecified atom stereocenters. The average molecular weight is 311 g/mol. The summed E-state index contributed by atoms with van der Waals surface area (Å²) < 4.78 is 11.0. The number of hydrogen-bond donors (Lipinski definition) is 1. The van der Waals surface area contributed by atoms with Crippen LogP contribution >= 0.6 is 0 Å². The number of carbonyl (C=O) groups is 1. The minimum absolute atomic E-state index is 0.0596. The van der Waals surface area contributed by atoms with Gasteiger partial charge in [0.2, 0.25) is 0 Å². The first-order valence-electron chi connectivity index (χ1n) is 7.82. The Kier molecular flexibility index (Phi) is 4.24. The summed E-state index contributed by atoms with van der Waals surface area (Å²) in [7, 11) is 0. The minimum Gasteiger partial charge on any atom is -0.486 e. The van der Waals surface area contributed by atoms with E-state index < -0.39 is 0 Å². The van der Waals surface area contributed by atoms with Gasteiger partial charge in [0.25, 0.3) is 5.91 Å². The van der Waals surface area contributed by atoms with Crippen molar-refractivity contribution in [2.45, 2.75) is 26.8 Å². The first-order valence-corrected chi connectivity index (χ1v) is 7.82. The topological polar surface area (TPSA) is 47.6 Å². The number of amides is 1. The average Bonchev–Trinajstić information content (AvgIpc) is 2.56. The summed E-state index contributed by atoms with van der Waals surface area (Å²) in [6.07, 6.45) is 0. The van der Waals surface area contributed by atoms with Gasteiger partial charge in [0.15, 0.2) is 11.5 Å². The Bertz CT molecular complexity index is 739. The number of carbonyl (C=O) groups excluding carboxylic acids is 1. The van der Waals surface area contributed by atoms with Gasteiger partial charge in [-0.25, -0.2) is 0 Å². The van der Waals surface area contributed by atoms with Crippen LogP contribution in [0.25, 0.3) is 0 Å². The van der Waals surface area contributed by atoms with Crippen molar-refractivity contribution >= 4 is 5.91 Å². The van der Waals surface area contributed by atoms with Crippen molar-refractivity contribution in [2.75, 3.05) is 13.2 Å². The summed E-state index contributed by atoms with van der Waals surface area (Å²) in [4.78, 5) is 12.5. The second-order valence-electron chi connectivity index (χ2n) is 5.91. The third kappa shape index (κ3) is 3.31. The first-order chi connectivity index (χ1) is 11.0. The van der Waals surface area contributed by atoms with Gasteiger partial charge in [-0.15, -0.1) is 0 Å². The van der Waals surface area contributed by atoms with Crippen LogP contribution in [0.1, 0.15) is 40.0 Å². The van der Waals surface area contributed by atoms with Crippen LogP contribution in [0.3, 0.4) is 0 Å². The quantitative estimate of drug-likeness (QED) is 0.942. The van der Waals surface area contributed by atoms with E-state index in [9.17, 15) is 4.79 Å². The van der Waals surface area contributed by atoms with E-state index in [4.69, 9.17) is 9.47 Å². The van der Waals surface area contributed by atoms with E-state index in [-0.39, 0.29) is 11.9 Å². The molecule has 1 N–H and O–H groups in total. The number of nitrogens with one attached hydrogen (secondary N) is 1. The van der Waals surface area contributed by atoms with Crippen LogP contribution < -0.4 is 14.8 Å². The fraction of sp³-hybridized carbons (Fsp3) is 0.316. The lowest BCUT2D eigenvalue weighted by molar-refractivity contribution is 0.0938. The number of ether oxygens (including phenoxy) is 2. The summed E-state index contributed by atoms with van der Waals surface area (Å²) in [6, 6.07) is 11.5. The van der Waals surface area contributed by atoms with E-state index in [1.165, 1.54) is 11.1 Å². The molecular weight excluding hydrogens is 290 g/mol. The number of benzene rings is 2. The third-order valence-corrected chi connectivity index (χ3v) is 4.05.